The van der Waals surface area contributed by atoms with E-state index in [4.69, 9.17) is 9.47 Å². The van der Waals surface area contributed by atoms with Gasteiger partial charge in [0.1, 0.15) is 0 Å². The third-order valence-corrected chi connectivity index (χ3v) is 3.88. The van der Waals surface area contributed by atoms with Gasteiger partial charge in [0.05, 0.1) is 20.8 Å². The number of carbonyl (C=O) groups is 1. The molecule has 0 unspecified atom stereocenters. The van der Waals surface area contributed by atoms with Crippen molar-refractivity contribution in [3.05, 3.63) is 23.8 Å². The van der Waals surface area contributed by atoms with Crippen LogP contribution >= 0.6 is 24.0 Å². The molecule has 0 aromatic heterocycles. The zero-order chi connectivity index (χ0) is 18.1. The van der Waals surface area contributed by atoms with Gasteiger partial charge < -0.3 is 25.4 Å². The molecule has 3 N–H and O–H groups in total. The van der Waals surface area contributed by atoms with Crippen LogP contribution in [0.5, 0.6) is 11.5 Å². The fourth-order valence-corrected chi connectivity index (χ4v) is 2.35. The molecule has 0 aliphatic heterocycles. The average Bonchev–Trinajstić information content (AvgIpc) is 3.47. The van der Waals surface area contributed by atoms with E-state index in [1.807, 2.05) is 25.1 Å². The fourth-order valence-electron chi connectivity index (χ4n) is 2.35. The number of benzene rings is 1. The largest absolute Gasteiger partial charge is 0.493 e. The van der Waals surface area contributed by atoms with Crippen LogP contribution < -0.4 is 25.4 Å². The van der Waals surface area contributed by atoms with Crippen molar-refractivity contribution >= 4 is 35.8 Å². The molecule has 1 aromatic carbocycles. The monoisotopic (exact) mass is 476 g/mol. The van der Waals surface area contributed by atoms with Gasteiger partial charge in [0.2, 0.25) is 5.91 Å². The van der Waals surface area contributed by atoms with Crippen LogP contribution in [0.3, 0.4) is 0 Å². The molecular weight excluding hydrogens is 447 g/mol. The molecule has 1 amide bonds. The summed E-state index contributed by atoms with van der Waals surface area (Å²) in [5.41, 5.74) is 1.02. The zero-order valence-electron chi connectivity index (χ0n) is 15.6. The maximum Gasteiger partial charge on any atom is 0.223 e. The number of aliphatic imine (C=N–C) groups is 1. The number of rotatable bonds is 9. The highest BCUT2D eigenvalue weighted by Crippen LogP contribution is 2.28. The van der Waals surface area contributed by atoms with Crippen molar-refractivity contribution in [2.24, 2.45) is 10.9 Å². The molecule has 1 aromatic rings. The van der Waals surface area contributed by atoms with Gasteiger partial charge in [-0.1, -0.05) is 6.07 Å². The van der Waals surface area contributed by atoms with E-state index in [-0.39, 0.29) is 35.8 Å². The fraction of sp³-hybridized carbons (Fsp3) is 0.556. The molecule has 0 heterocycles. The van der Waals surface area contributed by atoms with E-state index in [1.165, 1.54) is 0 Å². The number of nitrogens with zero attached hydrogens (tertiary/aromatic N) is 1. The lowest BCUT2D eigenvalue weighted by molar-refractivity contribution is -0.122. The minimum absolute atomic E-state index is 0. The van der Waals surface area contributed by atoms with E-state index in [1.54, 1.807) is 14.2 Å². The van der Waals surface area contributed by atoms with Crippen LogP contribution in [0.1, 0.15) is 25.3 Å². The number of guanidine groups is 1. The molecule has 0 saturated heterocycles. The van der Waals surface area contributed by atoms with Crippen LogP contribution in [-0.4, -0.2) is 45.7 Å². The quantitative estimate of drug-likeness (QED) is 0.220. The number of hydrogen-bond acceptors (Lipinski definition) is 4. The zero-order valence-corrected chi connectivity index (χ0v) is 18.0. The van der Waals surface area contributed by atoms with Gasteiger partial charge in [-0.3, -0.25) is 4.79 Å². The van der Waals surface area contributed by atoms with Crippen LogP contribution in [0, 0.1) is 5.92 Å². The third kappa shape index (κ3) is 7.27. The summed E-state index contributed by atoms with van der Waals surface area (Å²) in [5, 5.41) is 9.35. The van der Waals surface area contributed by atoms with Crippen LogP contribution in [0.2, 0.25) is 0 Å². The number of hydrogen-bond donors (Lipinski definition) is 3. The smallest absolute Gasteiger partial charge is 0.223 e. The van der Waals surface area contributed by atoms with Crippen molar-refractivity contribution in [1.29, 1.82) is 0 Å². The molecule has 146 valence electrons. The summed E-state index contributed by atoms with van der Waals surface area (Å²) in [5.74, 6) is 2.52. The Morgan fingerprint density at radius 1 is 1.12 bits per heavy atom. The maximum absolute atomic E-state index is 11.6. The van der Waals surface area contributed by atoms with Gasteiger partial charge in [-0.15, -0.1) is 24.0 Å². The lowest BCUT2D eigenvalue weighted by atomic mass is 10.2. The predicted octanol–water partition coefficient (Wildman–Crippen LogP) is 1.90. The molecule has 1 aliphatic carbocycles. The highest BCUT2D eigenvalue weighted by Gasteiger charge is 2.28. The molecule has 1 aliphatic rings. The Bertz CT molecular complexity index is 606. The molecule has 0 atom stereocenters. The molecular formula is C18H29IN4O3. The van der Waals surface area contributed by atoms with E-state index in [0.29, 0.717) is 31.1 Å². The lowest BCUT2D eigenvalue weighted by Crippen LogP contribution is -2.41. The number of ether oxygens (including phenoxy) is 2. The van der Waals surface area contributed by atoms with Gasteiger partial charge in [0.25, 0.3) is 0 Å². The second-order valence-corrected chi connectivity index (χ2v) is 5.88. The first-order valence-corrected chi connectivity index (χ1v) is 8.68. The highest BCUT2D eigenvalue weighted by molar-refractivity contribution is 14.0. The summed E-state index contributed by atoms with van der Waals surface area (Å²) in [6, 6.07) is 5.75. The number of carbonyl (C=O) groups excluding carboxylic acids is 1. The van der Waals surface area contributed by atoms with Gasteiger partial charge in [0, 0.05) is 25.6 Å². The van der Waals surface area contributed by atoms with Gasteiger partial charge in [-0.25, -0.2) is 4.99 Å². The first kappa shape index (κ1) is 22.3. The van der Waals surface area contributed by atoms with Crippen LogP contribution in [0.15, 0.2) is 23.2 Å². The summed E-state index contributed by atoms with van der Waals surface area (Å²) in [6.45, 7) is 4.53. The van der Waals surface area contributed by atoms with E-state index in [0.717, 1.165) is 30.9 Å². The second-order valence-electron chi connectivity index (χ2n) is 5.88. The van der Waals surface area contributed by atoms with Crippen LogP contribution in [-0.2, 0) is 11.3 Å². The SMILES string of the molecule is CCNC(=NCc1ccc(OC)c(OC)c1)NCCNC(=O)C1CC1.I. The highest BCUT2D eigenvalue weighted by atomic mass is 127. The third-order valence-electron chi connectivity index (χ3n) is 3.88. The van der Waals surface area contributed by atoms with E-state index in [2.05, 4.69) is 20.9 Å². The van der Waals surface area contributed by atoms with Gasteiger partial charge in [-0.2, -0.15) is 0 Å². The topological polar surface area (TPSA) is 84.0 Å². The van der Waals surface area contributed by atoms with E-state index in [9.17, 15) is 4.79 Å². The Balaban J connectivity index is 0.00000338. The molecule has 2 rings (SSSR count). The number of halogens is 1. The molecule has 0 spiro atoms. The molecule has 0 radical (unpaired) electrons. The van der Waals surface area contributed by atoms with E-state index < -0.39 is 0 Å². The summed E-state index contributed by atoms with van der Waals surface area (Å²) in [7, 11) is 3.23. The predicted molar refractivity (Wildman–Crippen MR) is 114 cm³/mol. The first-order chi connectivity index (χ1) is 12.2. The molecule has 26 heavy (non-hydrogen) atoms. The maximum atomic E-state index is 11.6. The van der Waals surface area contributed by atoms with Crippen molar-refractivity contribution < 1.29 is 14.3 Å². The Hall–Kier alpha value is -1.71. The van der Waals surface area contributed by atoms with Crippen LogP contribution in [0.4, 0.5) is 0 Å². The van der Waals surface area contributed by atoms with Gasteiger partial charge in [-0.05, 0) is 37.5 Å². The molecule has 1 fully saturated rings. The first-order valence-electron chi connectivity index (χ1n) is 8.68. The Morgan fingerprint density at radius 3 is 2.42 bits per heavy atom. The van der Waals surface area contributed by atoms with Crippen molar-refractivity contribution in [2.45, 2.75) is 26.3 Å². The average molecular weight is 476 g/mol. The summed E-state index contributed by atoms with van der Waals surface area (Å²) in [6.07, 6.45) is 2.05. The Labute approximate surface area is 172 Å². The summed E-state index contributed by atoms with van der Waals surface area (Å²) >= 11 is 0. The summed E-state index contributed by atoms with van der Waals surface area (Å²) < 4.78 is 10.6. The normalized spacial score (nSPS) is 13.4. The van der Waals surface area contributed by atoms with Crippen molar-refractivity contribution in [2.75, 3.05) is 33.9 Å². The second kappa shape index (κ2) is 11.8. The number of methoxy groups -OCH3 is 2. The standard InChI is InChI=1S/C18H28N4O3.HI/c1-4-19-18(21-10-9-20-17(23)14-6-7-14)22-12-13-5-8-15(24-2)16(11-13)25-3;/h5,8,11,14H,4,6-7,9-10,12H2,1-3H3,(H,20,23)(H2,19,21,22);1H. The van der Waals surface area contributed by atoms with Gasteiger partial charge in [0.15, 0.2) is 17.5 Å². The van der Waals surface area contributed by atoms with Crippen molar-refractivity contribution in [3.8, 4) is 11.5 Å². The number of nitrogens with one attached hydrogen (secondary N) is 3. The van der Waals surface area contributed by atoms with Crippen molar-refractivity contribution in [1.82, 2.24) is 16.0 Å². The Kier molecular flexibility index (Phi) is 10.2. The van der Waals surface area contributed by atoms with E-state index >= 15 is 0 Å². The molecule has 7 nitrogen and oxygen atoms in total. The summed E-state index contributed by atoms with van der Waals surface area (Å²) in [4.78, 5) is 16.2. The van der Waals surface area contributed by atoms with Crippen molar-refractivity contribution in [3.63, 3.8) is 0 Å². The van der Waals surface area contributed by atoms with Crippen LogP contribution in [0.25, 0.3) is 0 Å². The molecule has 0 bridgehead atoms. The minimum atomic E-state index is 0. The van der Waals surface area contributed by atoms with Gasteiger partial charge >= 0.3 is 0 Å². The number of amides is 1. The minimum Gasteiger partial charge on any atom is -0.493 e. The molecule has 1 saturated carbocycles. The Morgan fingerprint density at radius 2 is 1.81 bits per heavy atom. The molecule has 8 heteroatoms. The lowest BCUT2D eigenvalue weighted by Gasteiger charge is -2.12.